The van der Waals surface area contributed by atoms with E-state index in [9.17, 15) is 18.4 Å². The number of Topliss-reactive ketones (excluding diaryl/α,β-unsaturated/α-hetero) is 1. The van der Waals surface area contributed by atoms with Gasteiger partial charge in [0.05, 0.1) is 16.1 Å². The molecule has 0 bridgehead atoms. The minimum Gasteiger partial charge on any atom is -0.454 e. The summed E-state index contributed by atoms with van der Waals surface area (Å²) in [6, 6.07) is 5.09. The molecule has 0 radical (unpaired) electrons. The van der Waals surface area contributed by atoms with Crippen LogP contribution in [0, 0.1) is 11.6 Å². The molecule has 1 heterocycles. The molecule has 0 aromatic heterocycles. The molecule has 0 N–H and O–H groups in total. The lowest BCUT2D eigenvalue weighted by Crippen LogP contribution is -2.15. The minimum absolute atomic E-state index is 0.0229. The summed E-state index contributed by atoms with van der Waals surface area (Å²) in [5.74, 6) is -2.81. The Morgan fingerprint density at radius 2 is 1.96 bits per heavy atom. The first-order chi connectivity index (χ1) is 11.5. The summed E-state index contributed by atoms with van der Waals surface area (Å²) in [6.07, 6.45) is 0. The molecule has 8 heteroatoms. The van der Waals surface area contributed by atoms with Crippen LogP contribution >= 0.6 is 11.6 Å². The number of hydrogen-bond donors (Lipinski definition) is 0. The van der Waals surface area contributed by atoms with Crippen LogP contribution in [-0.4, -0.2) is 25.2 Å². The third-order valence-corrected chi connectivity index (χ3v) is 3.51. The van der Waals surface area contributed by atoms with Gasteiger partial charge in [0, 0.05) is 0 Å². The molecule has 3 rings (SSSR count). The van der Waals surface area contributed by atoms with Gasteiger partial charge in [-0.05, 0) is 30.3 Å². The Kier molecular flexibility index (Phi) is 4.35. The molecule has 1 aliphatic heterocycles. The second-order valence-corrected chi connectivity index (χ2v) is 5.22. The zero-order chi connectivity index (χ0) is 17.3. The number of ether oxygens (including phenoxy) is 3. The van der Waals surface area contributed by atoms with E-state index in [1.807, 2.05) is 0 Å². The second kappa shape index (κ2) is 6.45. The smallest absolute Gasteiger partial charge is 0.338 e. The van der Waals surface area contributed by atoms with Crippen LogP contribution in [0.2, 0.25) is 5.02 Å². The molecule has 1 aliphatic rings. The summed E-state index contributed by atoms with van der Waals surface area (Å²) in [5.41, 5.74) is -0.455. The van der Waals surface area contributed by atoms with Gasteiger partial charge in [-0.1, -0.05) is 11.6 Å². The Labute approximate surface area is 139 Å². The van der Waals surface area contributed by atoms with Gasteiger partial charge in [0.15, 0.2) is 18.1 Å². The maximum atomic E-state index is 13.5. The average molecular weight is 355 g/mol. The SMILES string of the molecule is O=C(OCC(=O)c1cc(F)ccc1F)c1cc(Cl)c2c(c1)OCO2. The molecular formula is C16H9ClF2O5. The molecular weight excluding hydrogens is 346 g/mol. The Hall–Kier alpha value is -2.67. The molecule has 0 saturated heterocycles. The monoisotopic (exact) mass is 354 g/mol. The zero-order valence-corrected chi connectivity index (χ0v) is 12.7. The van der Waals surface area contributed by atoms with Gasteiger partial charge in [-0.2, -0.15) is 0 Å². The number of fused-ring (bicyclic) bond motifs is 1. The van der Waals surface area contributed by atoms with E-state index >= 15 is 0 Å². The summed E-state index contributed by atoms with van der Waals surface area (Å²) in [5, 5.41) is 0.152. The highest BCUT2D eigenvalue weighted by atomic mass is 35.5. The zero-order valence-electron chi connectivity index (χ0n) is 12.0. The van der Waals surface area contributed by atoms with Crippen molar-refractivity contribution in [1.82, 2.24) is 0 Å². The van der Waals surface area contributed by atoms with Crippen LogP contribution in [-0.2, 0) is 4.74 Å². The van der Waals surface area contributed by atoms with Gasteiger partial charge in [0.25, 0.3) is 0 Å². The first-order valence-electron chi connectivity index (χ1n) is 6.70. The lowest BCUT2D eigenvalue weighted by Gasteiger charge is -2.07. The number of carbonyl (C=O) groups is 2. The maximum Gasteiger partial charge on any atom is 0.338 e. The van der Waals surface area contributed by atoms with Crippen molar-refractivity contribution in [3.8, 4) is 11.5 Å². The van der Waals surface area contributed by atoms with Crippen LogP contribution in [0.1, 0.15) is 20.7 Å². The van der Waals surface area contributed by atoms with E-state index in [0.29, 0.717) is 5.75 Å². The summed E-state index contributed by atoms with van der Waals surface area (Å²) in [4.78, 5) is 23.8. The Bertz CT molecular complexity index is 837. The molecule has 2 aromatic rings. The third kappa shape index (κ3) is 3.16. The normalized spacial score (nSPS) is 12.1. The largest absolute Gasteiger partial charge is 0.454 e. The Morgan fingerprint density at radius 3 is 2.75 bits per heavy atom. The topological polar surface area (TPSA) is 61.8 Å². The molecule has 2 aromatic carbocycles. The highest BCUT2D eigenvalue weighted by Crippen LogP contribution is 2.39. The number of benzene rings is 2. The summed E-state index contributed by atoms with van der Waals surface area (Å²) < 4.78 is 41.6. The van der Waals surface area contributed by atoms with Crippen molar-refractivity contribution in [3.05, 3.63) is 58.1 Å². The summed E-state index contributed by atoms with van der Waals surface area (Å²) in [7, 11) is 0. The lowest BCUT2D eigenvalue weighted by atomic mass is 10.1. The van der Waals surface area contributed by atoms with E-state index in [1.54, 1.807) is 0 Å². The van der Waals surface area contributed by atoms with Crippen molar-refractivity contribution in [3.63, 3.8) is 0 Å². The molecule has 0 spiro atoms. The van der Waals surface area contributed by atoms with E-state index < -0.39 is 35.6 Å². The minimum atomic E-state index is -0.899. The van der Waals surface area contributed by atoms with Crippen molar-refractivity contribution in [2.45, 2.75) is 0 Å². The van der Waals surface area contributed by atoms with Crippen LogP contribution in [0.3, 0.4) is 0 Å². The van der Waals surface area contributed by atoms with Crippen LogP contribution in [0.25, 0.3) is 0 Å². The predicted octanol–water partition coefficient (Wildman–Crippen LogP) is 3.39. The van der Waals surface area contributed by atoms with Gasteiger partial charge >= 0.3 is 5.97 Å². The molecule has 124 valence electrons. The summed E-state index contributed by atoms with van der Waals surface area (Å²) in [6.45, 7) is -0.768. The number of hydrogen-bond acceptors (Lipinski definition) is 5. The lowest BCUT2D eigenvalue weighted by molar-refractivity contribution is 0.0473. The van der Waals surface area contributed by atoms with Crippen LogP contribution < -0.4 is 9.47 Å². The average Bonchev–Trinajstić information content (AvgIpc) is 3.03. The molecule has 5 nitrogen and oxygen atoms in total. The molecule has 0 saturated carbocycles. The fraction of sp³-hybridized carbons (Fsp3) is 0.125. The number of rotatable bonds is 4. The van der Waals surface area contributed by atoms with Crippen LogP contribution in [0.4, 0.5) is 8.78 Å². The van der Waals surface area contributed by atoms with E-state index in [0.717, 1.165) is 18.2 Å². The van der Waals surface area contributed by atoms with Crippen LogP contribution in [0.15, 0.2) is 30.3 Å². The van der Waals surface area contributed by atoms with Crippen molar-refractivity contribution in [2.75, 3.05) is 13.4 Å². The van der Waals surface area contributed by atoms with Gasteiger partial charge < -0.3 is 14.2 Å². The molecule has 24 heavy (non-hydrogen) atoms. The molecule has 0 fully saturated rings. The quantitative estimate of drug-likeness (QED) is 0.622. The highest BCUT2D eigenvalue weighted by molar-refractivity contribution is 6.32. The van der Waals surface area contributed by atoms with E-state index in [4.69, 9.17) is 25.8 Å². The van der Waals surface area contributed by atoms with Gasteiger partial charge in [-0.25, -0.2) is 13.6 Å². The second-order valence-electron chi connectivity index (χ2n) is 4.82. The Balaban J connectivity index is 1.71. The van der Waals surface area contributed by atoms with Gasteiger partial charge in [-0.3, -0.25) is 4.79 Å². The number of ketones is 1. The number of esters is 1. The van der Waals surface area contributed by atoms with Crippen molar-refractivity contribution in [1.29, 1.82) is 0 Å². The Morgan fingerprint density at radius 1 is 1.17 bits per heavy atom. The van der Waals surface area contributed by atoms with Gasteiger partial charge in [0.1, 0.15) is 11.6 Å². The van der Waals surface area contributed by atoms with E-state index in [-0.39, 0.29) is 23.1 Å². The summed E-state index contributed by atoms with van der Waals surface area (Å²) >= 11 is 5.94. The highest BCUT2D eigenvalue weighted by Gasteiger charge is 2.22. The fourth-order valence-corrected chi connectivity index (χ4v) is 2.35. The van der Waals surface area contributed by atoms with Gasteiger partial charge in [-0.15, -0.1) is 0 Å². The molecule has 0 atom stereocenters. The van der Waals surface area contributed by atoms with E-state index in [1.165, 1.54) is 12.1 Å². The first-order valence-corrected chi connectivity index (χ1v) is 7.08. The molecule has 0 aliphatic carbocycles. The number of halogens is 3. The van der Waals surface area contributed by atoms with E-state index in [2.05, 4.69) is 0 Å². The maximum absolute atomic E-state index is 13.5. The third-order valence-electron chi connectivity index (χ3n) is 3.23. The van der Waals surface area contributed by atoms with Crippen molar-refractivity contribution >= 4 is 23.4 Å². The fourth-order valence-electron chi connectivity index (χ4n) is 2.09. The van der Waals surface area contributed by atoms with Crippen molar-refractivity contribution < 1.29 is 32.6 Å². The van der Waals surface area contributed by atoms with Crippen LogP contribution in [0.5, 0.6) is 11.5 Å². The van der Waals surface area contributed by atoms with Gasteiger partial charge in [0.2, 0.25) is 12.6 Å². The predicted molar refractivity (Wildman–Crippen MR) is 78.5 cm³/mol. The van der Waals surface area contributed by atoms with Crippen molar-refractivity contribution in [2.24, 2.45) is 0 Å². The standard InChI is InChI=1S/C16H9ClF2O5/c17-11-3-8(4-14-15(11)24-7-23-14)16(21)22-6-13(20)10-5-9(18)1-2-12(10)19/h1-5H,6-7H2. The molecule has 0 unspecified atom stereocenters. The number of carbonyl (C=O) groups excluding carboxylic acids is 2. The molecule has 0 amide bonds. The first kappa shape index (κ1) is 16.2.